The number of anilines is 1. The van der Waals surface area contributed by atoms with Gasteiger partial charge >= 0.3 is 0 Å². The van der Waals surface area contributed by atoms with Gasteiger partial charge in [0.2, 0.25) is 0 Å². The third-order valence-electron chi connectivity index (χ3n) is 3.15. The van der Waals surface area contributed by atoms with Crippen LogP contribution < -0.4 is 5.32 Å². The Morgan fingerprint density at radius 2 is 2.24 bits per heavy atom. The molecule has 1 atom stereocenters. The van der Waals surface area contributed by atoms with Crippen LogP contribution >= 0.6 is 15.9 Å². The molecule has 1 aromatic carbocycles. The highest BCUT2D eigenvalue weighted by atomic mass is 79.9. The van der Waals surface area contributed by atoms with E-state index in [0.717, 1.165) is 10.0 Å². The van der Waals surface area contributed by atoms with E-state index >= 15 is 0 Å². The highest BCUT2D eigenvalue weighted by Gasteiger charge is 2.22. The summed E-state index contributed by atoms with van der Waals surface area (Å²) in [5.74, 6) is -0.386. The van der Waals surface area contributed by atoms with Crippen LogP contribution in [0.4, 0.5) is 5.69 Å². The smallest absolute Gasteiger partial charge is 0.274 e. The van der Waals surface area contributed by atoms with Crippen LogP contribution in [0.2, 0.25) is 0 Å². The number of hydrogen-bond donors (Lipinski definition) is 3. The normalized spacial score (nSPS) is 12.2. The van der Waals surface area contributed by atoms with Crippen molar-refractivity contribution < 1.29 is 15.0 Å². The quantitative estimate of drug-likeness (QED) is 0.781. The summed E-state index contributed by atoms with van der Waals surface area (Å²) in [5, 5.41) is 25.5. The van der Waals surface area contributed by atoms with Gasteiger partial charge in [-0.3, -0.25) is 9.48 Å². The molecule has 1 heterocycles. The summed E-state index contributed by atoms with van der Waals surface area (Å²) in [6.45, 7) is 1.41. The van der Waals surface area contributed by atoms with Gasteiger partial charge in [-0.05, 0) is 30.7 Å². The van der Waals surface area contributed by atoms with Crippen molar-refractivity contribution in [3.63, 3.8) is 0 Å². The number of carbonyl (C=O) groups excluding carboxylic acids is 1. The minimum absolute atomic E-state index is 0.221. The maximum Gasteiger partial charge on any atom is 0.274 e. The fraction of sp³-hybridized carbons (Fsp3) is 0.286. The monoisotopic (exact) mass is 353 g/mol. The number of rotatable bonds is 4. The van der Waals surface area contributed by atoms with E-state index in [-0.39, 0.29) is 11.6 Å². The molecular formula is C14H16BrN3O3. The summed E-state index contributed by atoms with van der Waals surface area (Å²) in [6.07, 6.45) is 0.245. The van der Waals surface area contributed by atoms with Gasteiger partial charge in [0.25, 0.3) is 5.91 Å². The van der Waals surface area contributed by atoms with Crippen molar-refractivity contribution in [1.82, 2.24) is 9.78 Å². The lowest BCUT2D eigenvalue weighted by atomic mass is 10.1. The van der Waals surface area contributed by atoms with Crippen molar-refractivity contribution >= 4 is 27.5 Å². The number of benzene rings is 1. The molecule has 1 amide bonds. The van der Waals surface area contributed by atoms with Gasteiger partial charge < -0.3 is 15.5 Å². The zero-order valence-electron chi connectivity index (χ0n) is 11.7. The molecule has 0 aliphatic heterocycles. The SMILES string of the molecule is Cc1cc(Br)ccc1NC(=O)c1c(C(O)CO)cnn1C. The Morgan fingerprint density at radius 3 is 2.86 bits per heavy atom. The summed E-state index contributed by atoms with van der Waals surface area (Å²) in [7, 11) is 1.61. The van der Waals surface area contributed by atoms with E-state index in [4.69, 9.17) is 5.11 Å². The highest BCUT2D eigenvalue weighted by molar-refractivity contribution is 9.10. The topological polar surface area (TPSA) is 87.4 Å². The Balaban J connectivity index is 2.30. The van der Waals surface area contributed by atoms with Crippen molar-refractivity contribution in [2.75, 3.05) is 11.9 Å². The minimum Gasteiger partial charge on any atom is -0.393 e. The lowest BCUT2D eigenvalue weighted by Gasteiger charge is -2.12. The molecule has 0 bridgehead atoms. The molecule has 1 aromatic heterocycles. The van der Waals surface area contributed by atoms with Gasteiger partial charge in [-0.1, -0.05) is 15.9 Å². The van der Waals surface area contributed by atoms with Gasteiger partial charge in [0.05, 0.1) is 12.8 Å². The molecule has 6 nitrogen and oxygen atoms in total. The number of hydrogen-bond acceptors (Lipinski definition) is 4. The van der Waals surface area contributed by atoms with Gasteiger partial charge in [-0.15, -0.1) is 0 Å². The molecule has 112 valence electrons. The van der Waals surface area contributed by atoms with Gasteiger partial charge in [-0.25, -0.2) is 0 Å². The molecule has 7 heteroatoms. The van der Waals surface area contributed by atoms with E-state index in [0.29, 0.717) is 11.3 Å². The molecule has 2 rings (SSSR count). The first-order chi connectivity index (χ1) is 9.93. The third kappa shape index (κ3) is 3.31. The van der Waals surface area contributed by atoms with Crippen molar-refractivity contribution in [2.45, 2.75) is 13.0 Å². The second kappa shape index (κ2) is 6.38. The van der Waals surface area contributed by atoms with Gasteiger partial charge in [0.1, 0.15) is 11.8 Å². The van der Waals surface area contributed by atoms with Crippen LogP contribution in [0.1, 0.15) is 27.7 Å². The maximum atomic E-state index is 12.4. The van der Waals surface area contributed by atoms with Gasteiger partial charge in [0.15, 0.2) is 0 Å². The fourth-order valence-corrected chi connectivity index (χ4v) is 2.50. The van der Waals surface area contributed by atoms with Crippen LogP contribution in [0.5, 0.6) is 0 Å². The lowest BCUT2D eigenvalue weighted by molar-refractivity contribution is 0.0910. The summed E-state index contributed by atoms with van der Waals surface area (Å²) in [6, 6.07) is 5.51. The number of nitrogens with zero attached hydrogens (tertiary/aromatic N) is 2. The van der Waals surface area contributed by atoms with E-state index < -0.39 is 12.7 Å². The summed E-state index contributed by atoms with van der Waals surface area (Å²) >= 11 is 3.37. The Labute approximate surface area is 130 Å². The van der Waals surface area contributed by atoms with E-state index in [2.05, 4.69) is 26.3 Å². The summed E-state index contributed by atoms with van der Waals surface area (Å²) in [4.78, 5) is 12.4. The number of amides is 1. The number of aliphatic hydroxyl groups excluding tert-OH is 2. The van der Waals surface area contributed by atoms with E-state index in [1.807, 2.05) is 19.1 Å². The summed E-state index contributed by atoms with van der Waals surface area (Å²) in [5.41, 5.74) is 2.10. The second-order valence-corrected chi connectivity index (χ2v) is 5.60. The molecule has 21 heavy (non-hydrogen) atoms. The van der Waals surface area contributed by atoms with Crippen LogP contribution in [0.3, 0.4) is 0 Å². The van der Waals surface area contributed by atoms with Crippen LogP contribution in [0.15, 0.2) is 28.9 Å². The molecule has 2 aromatic rings. The summed E-state index contributed by atoms with van der Waals surface area (Å²) < 4.78 is 2.30. The number of carbonyl (C=O) groups is 1. The van der Waals surface area contributed by atoms with E-state index in [1.54, 1.807) is 13.1 Å². The molecule has 0 saturated carbocycles. The first kappa shape index (κ1) is 15.7. The second-order valence-electron chi connectivity index (χ2n) is 4.68. The lowest BCUT2D eigenvalue weighted by Crippen LogP contribution is -2.20. The third-order valence-corrected chi connectivity index (χ3v) is 3.64. The zero-order chi connectivity index (χ0) is 15.6. The molecule has 0 fully saturated rings. The Morgan fingerprint density at radius 1 is 1.52 bits per heavy atom. The Hall–Kier alpha value is -1.70. The largest absolute Gasteiger partial charge is 0.393 e. The average molecular weight is 354 g/mol. The molecule has 0 aliphatic rings. The van der Waals surface area contributed by atoms with Crippen LogP contribution in [0, 0.1) is 6.92 Å². The van der Waals surface area contributed by atoms with Crippen LogP contribution in [-0.4, -0.2) is 32.5 Å². The first-order valence-corrected chi connectivity index (χ1v) is 7.11. The number of nitrogens with one attached hydrogen (secondary N) is 1. The van der Waals surface area contributed by atoms with E-state index in [9.17, 15) is 9.90 Å². The predicted octanol–water partition coefficient (Wildman–Crippen LogP) is 1.77. The van der Waals surface area contributed by atoms with Gasteiger partial charge in [-0.2, -0.15) is 5.10 Å². The number of aliphatic hydroxyl groups is 2. The van der Waals surface area contributed by atoms with E-state index in [1.165, 1.54) is 10.9 Å². The molecule has 1 unspecified atom stereocenters. The number of halogens is 1. The average Bonchev–Trinajstić information content (AvgIpc) is 2.83. The maximum absolute atomic E-state index is 12.4. The number of aryl methyl sites for hydroxylation is 2. The molecule has 0 spiro atoms. The van der Waals surface area contributed by atoms with Gasteiger partial charge in [0, 0.05) is 22.8 Å². The molecule has 0 aliphatic carbocycles. The number of aromatic nitrogens is 2. The van der Waals surface area contributed by atoms with Crippen LogP contribution in [0.25, 0.3) is 0 Å². The zero-order valence-corrected chi connectivity index (χ0v) is 13.3. The molecule has 0 saturated heterocycles. The first-order valence-electron chi connectivity index (χ1n) is 6.32. The molecule has 0 radical (unpaired) electrons. The van der Waals surface area contributed by atoms with Crippen molar-refractivity contribution in [3.8, 4) is 0 Å². The Bertz CT molecular complexity index is 669. The fourth-order valence-electron chi connectivity index (χ4n) is 2.02. The van der Waals surface area contributed by atoms with Crippen molar-refractivity contribution in [2.24, 2.45) is 7.05 Å². The molecular weight excluding hydrogens is 338 g/mol. The predicted molar refractivity (Wildman–Crippen MR) is 82.1 cm³/mol. The highest BCUT2D eigenvalue weighted by Crippen LogP contribution is 2.22. The molecule has 3 N–H and O–H groups in total. The standard InChI is InChI=1S/C14H16BrN3O3/c1-8-5-9(15)3-4-11(8)17-14(21)13-10(12(20)7-19)6-16-18(13)2/h3-6,12,19-20H,7H2,1-2H3,(H,17,21). The Kier molecular flexibility index (Phi) is 4.76. The van der Waals surface area contributed by atoms with Crippen molar-refractivity contribution in [1.29, 1.82) is 0 Å². The van der Waals surface area contributed by atoms with Crippen molar-refractivity contribution in [3.05, 3.63) is 45.7 Å². The minimum atomic E-state index is -1.13. The van der Waals surface area contributed by atoms with Crippen LogP contribution in [-0.2, 0) is 7.05 Å².